The van der Waals surface area contributed by atoms with Crippen LogP contribution in [0.1, 0.15) is 40.5 Å². The molecule has 18 heavy (non-hydrogen) atoms. The van der Waals surface area contributed by atoms with Gasteiger partial charge in [0.1, 0.15) is 0 Å². The highest BCUT2D eigenvalue weighted by Crippen LogP contribution is 2.19. The van der Waals surface area contributed by atoms with E-state index in [9.17, 15) is 8.42 Å². The van der Waals surface area contributed by atoms with Crippen LogP contribution in [0.4, 0.5) is 0 Å². The van der Waals surface area contributed by atoms with E-state index in [1.54, 1.807) is 0 Å². The van der Waals surface area contributed by atoms with E-state index >= 15 is 0 Å². The SMILES string of the molecule is CNCCCCS(=O)(=O)NCC(C(C)C)C(C)C. The summed E-state index contributed by atoms with van der Waals surface area (Å²) in [6.07, 6.45) is 1.61. The van der Waals surface area contributed by atoms with Crippen molar-refractivity contribution in [2.24, 2.45) is 17.8 Å². The Morgan fingerprint density at radius 1 is 1.00 bits per heavy atom. The predicted molar refractivity (Wildman–Crippen MR) is 78.1 cm³/mol. The van der Waals surface area contributed by atoms with Gasteiger partial charge in [0.2, 0.25) is 10.0 Å². The van der Waals surface area contributed by atoms with Gasteiger partial charge in [0.25, 0.3) is 0 Å². The van der Waals surface area contributed by atoms with Crippen molar-refractivity contribution in [2.45, 2.75) is 40.5 Å². The Bertz CT molecular complexity index is 292. The fraction of sp³-hybridized carbons (Fsp3) is 1.00. The number of unbranched alkanes of at least 4 members (excludes halogenated alkanes) is 1. The van der Waals surface area contributed by atoms with Gasteiger partial charge in [-0.1, -0.05) is 27.7 Å². The minimum absolute atomic E-state index is 0.234. The lowest BCUT2D eigenvalue weighted by molar-refractivity contribution is 0.289. The highest BCUT2D eigenvalue weighted by Gasteiger charge is 2.20. The van der Waals surface area contributed by atoms with Crippen LogP contribution in [-0.4, -0.2) is 34.3 Å². The maximum Gasteiger partial charge on any atom is 0.211 e. The van der Waals surface area contributed by atoms with Crippen LogP contribution in [0, 0.1) is 17.8 Å². The molecule has 0 atom stereocenters. The molecule has 0 aliphatic carbocycles. The first-order valence-electron chi connectivity index (χ1n) is 6.92. The summed E-state index contributed by atoms with van der Waals surface area (Å²) in [6, 6.07) is 0. The zero-order chi connectivity index (χ0) is 14.2. The second-order valence-corrected chi connectivity index (χ2v) is 7.56. The molecule has 0 rings (SSSR count). The summed E-state index contributed by atoms with van der Waals surface area (Å²) in [5, 5.41) is 3.02. The van der Waals surface area contributed by atoms with Gasteiger partial charge in [-0.2, -0.15) is 0 Å². The Morgan fingerprint density at radius 2 is 1.56 bits per heavy atom. The average Bonchev–Trinajstić information content (AvgIpc) is 2.23. The Kier molecular flexibility index (Phi) is 8.82. The van der Waals surface area contributed by atoms with Crippen LogP contribution in [0.15, 0.2) is 0 Å². The van der Waals surface area contributed by atoms with Crippen molar-refractivity contribution in [3.63, 3.8) is 0 Å². The molecule has 110 valence electrons. The van der Waals surface area contributed by atoms with E-state index in [0.717, 1.165) is 13.0 Å². The fourth-order valence-electron chi connectivity index (χ4n) is 2.13. The average molecular weight is 278 g/mol. The first kappa shape index (κ1) is 17.9. The van der Waals surface area contributed by atoms with Crippen LogP contribution in [0.25, 0.3) is 0 Å². The second kappa shape index (κ2) is 8.88. The molecule has 0 aliphatic heterocycles. The molecule has 0 saturated heterocycles. The quantitative estimate of drug-likeness (QED) is 0.599. The number of nitrogens with one attached hydrogen (secondary N) is 2. The predicted octanol–water partition coefficient (Wildman–Crippen LogP) is 1.83. The first-order valence-corrected chi connectivity index (χ1v) is 8.57. The molecule has 0 aromatic rings. The Hall–Kier alpha value is -0.130. The molecule has 0 fully saturated rings. The first-order chi connectivity index (χ1) is 8.30. The lowest BCUT2D eigenvalue weighted by atomic mass is 9.86. The van der Waals surface area contributed by atoms with E-state index in [2.05, 4.69) is 37.7 Å². The molecule has 0 spiro atoms. The number of rotatable bonds is 10. The standard InChI is InChI=1S/C13H30N2O2S/c1-11(2)13(12(3)4)10-15-18(16,17)9-7-6-8-14-5/h11-15H,6-10H2,1-5H3. The normalized spacial score (nSPS) is 12.9. The summed E-state index contributed by atoms with van der Waals surface area (Å²) in [5.41, 5.74) is 0. The highest BCUT2D eigenvalue weighted by molar-refractivity contribution is 7.89. The van der Waals surface area contributed by atoms with Crippen LogP contribution in [-0.2, 0) is 10.0 Å². The van der Waals surface area contributed by atoms with E-state index in [-0.39, 0.29) is 5.75 Å². The summed E-state index contributed by atoms with van der Waals surface area (Å²) >= 11 is 0. The summed E-state index contributed by atoms with van der Waals surface area (Å²) in [4.78, 5) is 0. The van der Waals surface area contributed by atoms with Gasteiger partial charge >= 0.3 is 0 Å². The fourth-order valence-corrected chi connectivity index (χ4v) is 3.31. The maximum atomic E-state index is 11.8. The zero-order valence-electron chi connectivity index (χ0n) is 12.5. The van der Waals surface area contributed by atoms with Crippen molar-refractivity contribution in [1.29, 1.82) is 0 Å². The minimum atomic E-state index is -3.10. The molecule has 0 amide bonds. The zero-order valence-corrected chi connectivity index (χ0v) is 13.3. The molecular formula is C13H30N2O2S. The molecule has 0 aliphatic rings. The van der Waals surface area contributed by atoms with Crippen LogP contribution in [0.5, 0.6) is 0 Å². The Morgan fingerprint density at radius 3 is 2.00 bits per heavy atom. The summed E-state index contributed by atoms with van der Waals surface area (Å²) in [6.45, 7) is 10.0. The molecule has 0 heterocycles. The van der Waals surface area contributed by atoms with Crippen molar-refractivity contribution in [2.75, 3.05) is 25.9 Å². The summed E-state index contributed by atoms with van der Waals surface area (Å²) < 4.78 is 26.4. The minimum Gasteiger partial charge on any atom is -0.320 e. The van der Waals surface area contributed by atoms with Gasteiger partial charge in [0.05, 0.1) is 5.75 Å². The monoisotopic (exact) mass is 278 g/mol. The third-order valence-electron chi connectivity index (χ3n) is 3.34. The smallest absolute Gasteiger partial charge is 0.211 e. The van der Waals surface area contributed by atoms with Crippen LogP contribution in [0.2, 0.25) is 0 Å². The number of hydrogen-bond acceptors (Lipinski definition) is 3. The van der Waals surface area contributed by atoms with Crippen molar-refractivity contribution in [3.8, 4) is 0 Å². The molecule has 0 unspecified atom stereocenters. The van der Waals surface area contributed by atoms with E-state index < -0.39 is 10.0 Å². The van der Waals surface area contributed by atoms with E-state index in [4.69, 9.17) is 0 Å². The van der Waals surface area contributed by atoms with Gasteiger partial charge in [0, 0.05) is 6.54 Å². The number of sulfonamides is 1. The lowest BCUT2D eigenvalue weighted by Gasteiger charge is -2.25. The topological polar surface area (TPSA) is 58.2 Å². The van der Waals surface area contributed by atoms with Gasteiger partial charge in [-0.3, -0.25) is 0 Å². The van der Waals surface area contributed by atoms with Gasteiger partial charge < -0.3 is 5.32 Å². The molecule has 0 aromatic carbocycles. The van der Waals surface area contributed by atoms with Crippen molar-refractivity contribution in [1.82, 2.24) is 10.0 Å². The maximum absolute atomic E-state index is 11.8. The van der Waals surface area contributed by atoms with E-state index in [1.807, 2.05) is 7.05 Å². The van der Waals surface area contributed by atoms with Crippen molar-refractivity contribution < 1.29 is 8.42 Å². The Balaban J connectivity index is 4.08. The van der Waals surface area contributed by atoms with Crippen LogP contribution >= 0.6 is 0 Å². The molecule has 0 aromatic heterocycles. The molecule has 0 bridgehead atoms. The second-order valence-electron chi connectivity index (χ2n) is 5.63. The van der Waals surface area contributed by atoms with Gasteiger partial charge in [0.15, 0.2) is 0 Å². The van der Waals surface area contributed by atoms with Gasteiger partial charge in [-0.05, 0) is 44.2 Å². The largest absolute Gasteiger partial charge is 0.320 e. The lowest BCUT2D eigenvalue weighted by Crippen LogP contribution is -2.35. The summed E-state index contributed by atoms with van der Waals surface area (Å²) in [7, 11) is -1.22. The van der Waals surface area contributed by atoms with Crippen LogP contribution in [0.3, 0.4) is 0 Å². The molecule has 2 N–H and O–H groups in total. The van der Waals surface area contributed by atoms with Crippen molar-refractivity contribution >= 4 is 10.0 Å². The molecule has 5 heteroatoms. The molecule has 0 saturated carbocycles. The van der Waals surface area contributed by atoms with E-state index in [0.29, 0.717) is 30.7 Å². The van der Waals surface area contributed by atoms with Crippen LogP contribution < -0.4 is 10.0 Å². The third kappa shape index (κ3) is 8.06. The molecular weight excluding hydrogens is 248 g/mol. The third-order valence-corrected chi connectivity index (χ3v) is 4.77. The molecule has 4 nitrogen and oxygen atoms in total. The Labute approximate surface area is 113 Å². The van der Waals surface area contributed by atoms with E-state index in [1.165, 1.54) is 0 Å². The molecule has 0 radical (unpaired) electrons. The highest BCUT2D eigenvalue weighted by atomic mass is 32.2. The van der Waals surface area contributed by atoms with Gasteiger partial charge in [-0.15, -0.1) is 0 Å². The van der Waals surface area contributed by atoms with Gasteiger partial charge in [-0.25, -0.2) is 13.1 Å². The summed E-state index contributed by atoms with van der Waals surface area (Å²) in [5.74, 6) is 1.63. The van der Waals surface area contributed by atoms with Crippen molar-refractivity contribution in [3.05, 3.63) is 0 Å². The number of hydrogen-bond donors (Lipinski definition) is 2.